The molecule has 3 aromatic carbocycles. The first-order valence-electron chi connectivity index (χ1n) is 16.3. The fraction of sp³-hybridized carbons (Fsp3) is 0.405. The number of likely N-dealkylation sites (N-methyl/N-ethyl adjacent to an activating group) is 1. The third kappa shape index (κ3) is 11.4. The van der Waals surface area contributed by atoms with Gasteiger partial charge >= 0.3 is 0 Å². The van der Waals surface area contributed by atoms with Crippen LogP contribution in [-0.2, 0) is 22.4 Å². The minimum atomic E-state index is -0.656. The minimum Gasteiger partial charge on any atom is -0.493 e. The topological polar surface area (TPSA) is 147 Å². The third-order valence-corrected chi connectivity index (χ3v) is 7.86. The average Bonchev–Trinajstić information content (AvgIpc) is 3.09. The molecule has 4 amide bonds. The highest BCUT2D eigenvalue weighted by molar-refractivity contribution is 5.99. The molecule has 0 unspecified atom stereocenters. The largest absolute Gasteiger partial charge is 0.493 e. The smallest absolute Gasteiger partial charge is 0.251 e. The van der Waals surface area contributed by atoms with Gasteiger partial charge in [-0.3, -0.25) is 19.2 Å². The second-order valence-electron chi connectivity index (χ2n) is 11.9. The summed E-state index contributed by atoms with van der Waals surface area (Å²) in [7, 11) is 3.15. The van der Waals surface area contributed by atoms with Crippen molar-refractivity contribution in [3.05, 3.63) is 95.1 Å². The zero-order chi connectivity index (χ0) is 35.1. The number of hydrogen-bond acceptors (Lipinski definition) is 7. The Morgan fingerprint density at radius 1 is 0.708 bits per heavy atom. The highest BCUT2D eigenvalue weighted by atomic mass is 16.5. The van der Waals surface area contributed by atoms with E-state index in [0.717, 1.165) is 11.1 Å². The third-order valence-electron chi connectivity index (χ3n) is 7.86. The molecule has 3 atom stereocenters. The van der Waals surface area contributed by atoms with Crippen molar-refractivity contribution in [3.63, 3.8) is 0 Å². The molecule has 0 radical (unpaired) electrons. The van der Waals surface area contributed by atoms with Gasteiger partial charge in [0.15, 0.2) is 11.5 Å². The Balaban J connectivity index is 1.63. The lowest BCUT2D eigenvalue weighted by molar-refractivity contribution is -0.130. The molecule has 0 heterocycles. The van der Waals surface area contributed by atoms with Crippen LogP contribution in [0, 0.1) is 5.92 Å². The minimum absolute atomic E-state index is 0.0896. The number of rotatable bonds is 18. The molecule has 0 aliphatic rings. The molecule has 0 saturated heterocycles. The molecule has 11 nitrogen and oxygen atoms in total. The maximum absolute atomic E-state index is 13.5. The molecule has 0 bridgehead atoms. The summed E-state index contributed by atoms with van der Waals surface area (Å²) in [5, 5.41) is 14.8. The van der Waals surface area contributed by atoms with E-state index < -0.39 is 12.1 Å². The van der Waals surface area contributed by atoms with Crippen LogP contribution in [0.1, 0.15) is 59.5 Å². The van der Waals surface area contributed by atoms with Crippen molar-refractivity contribution in [1.82, 2.24) is 26.6 Å². The summed E-state index contributed by atoms with van der Waals surface area (Å²) in [6.07, 6.45) is 1.10. The highest BCUT2D eigenvalue weighted by Gasteiger charge is 2.26. The van der Waals surface area contributed by atoms with Crippen LogP contribution in [0.3, 0.4) is 0 Å². The number of carbonyl (C=O) groups excluding carboxylic acids is 4. The molecule has 0 aliphatic carbocycles. The lowest BCUT2D eigenvalue weighted by Gasteiger charge is -2.25. The fourth-order valence-corrected chi connectivity index (χ4v) is 5.11. The summed E-state index contributed by atoms with van der Waals surface area (Å²) in [5.41, 5.74) is 2.70. The normalized spacial score (nSPS) is 12.7. The molecular weight excluding hydrogens is 610 g/mol. The van der Waals surface area contributed by atoms with E-state index in [1.807, 2.05) is 69.3 Å². The fourth-order valence-electron chi connectivity index (χ4n) is 5.11. The molecule has 0 aromatic heterocycles. The van der Waals surface area contributed by atoms with Crippen molar-refractivity contribution in [2.75, 3.05) is 33.9 Å². The van der Waals surface area contributed by atoms with Crippen LogP contribution < -0.4 is 36.1 Å². The molecule has 0 aliphatic heterocycles. The average molecular weight is 660 g/mol. The molecule has 5 N–H and O–H groups in total. The van der Waals surface area contributed by atoms with Crippen molar-refractivity contribution in [3.8, 4) is 11.5 Å². The van der Waals surface area contributed by atoms with E-state index >= 15 is 0 Å². The van der Waals surface area contributed by atoms with Crippen molar-refractivity contribution >= 4 is 23.6 Å². The van der Waals surface area contributed by atoms with E-state index in [4.69, 9.17) is 9.47 Å². The maximum Gasteiger partial charge on any atom is 0.251 e. The van der Waals surface area contributed by atoms with Gasteiger partial charge in [0.05, 0.1) is 20.3 Å². The van der Waals surface area contributed by atoms with Gasteiger partial charge in [-0.1, -0.05) is 56.3 Å². The molecule has 3 rings (SSSR count). The van der Waals surface area contributed by atoms with Crippen LogP contribution >= 0.6 is 0 Å². The molecule has 258 valence electrons. The van der Waals surface area contributed by atoms with Gasteiger partial charge in [0, 0.05) is 36.8 Å². The quantitative estimate of drug-likeness (QED) is 0.141. The Bertz CT molecular complexity index is 1510. The van der Waals surface area contributed by atoms with Crippen LogP contribution in [0.15, 0.2) is 72.8 Å². The van der Waals surface area contributed by atoms with Gasteiger partial charge in [-0.25, -0.2) is 0 Å². The Morgan fingerprint density at radius 2 is 1.40 bits per heavy atom. The standard InChI is InChI=1S/C37H49N5O6/c1-7-38-37(46)33(24(2)3)42-34(43)25(4)40-23-30(20-26-12-9-8-10-13-26)41-36(45)29-15-11-14-28(22-29)35(44)39-19-18-27-16-17-31(47-5)32(21-27)48-6/h8-17,21-22,24-25,30,33,40H,7,18-20,23H2,1-6H3,(H,38,46)(H,39,44)(H,41,45)(H,42,43)/t25-,30-,33-/m0/s1. The lowest BCUT2D eigenvalue weighted by Crippen LogP contribution is -2.55. The number of nitrogens with one attached hydrogen (secondary N) is 5. The molecule has 0 saturated carbocycles. The summed E-state index contributed by atoms with van der Waals surface area (Å²) < 4.78 is 10.6. The van der Waals surface area contributed by atoms with E-state index in [-0.39, 0.29) is 35.6 Å². The van der Waals surface area contributed by atoms with Crippen LogP contribution in [-0.4, -0.2) is 75.6 Å². The van der Waals surface area contributed by atoms with Crippen LogP contribution in [0.4, 0.5) is 0 Å². The Labute approximate surface area is 283 Å². The number of ether oxygens (including phenoxy) is 2. The number of methoxy groups -OCH3 is 2. The van der Waals surface area contributed by atoms with Gasteiger partial charge in [0.1, 0.15) is 6.04 Å². The summed E-state index contributed by atoms with van der Waals surface area (Å²) >= 11 is 0. The number of benzene rings is 3. The van der Waals surface area contributed by atoms with Crippen molar-refractivity contribution in [2.45, 2.75) is 58.7 Å². The highest BCUT2D eigenvalue weighted by Crippen LogP contribution is 2.27. The summed E-state index contributed by atoms with van der Waals surface area (Å²) in [4.78, 5) is 51.9. The SMILES string of the molecule is CCNC(=O)[C@@H](NC(=O)[C@H](C)NC[C@H](Cc1ccccc1)NC(=O)c1cccc(C(=O)NCCc2ccc(OC)c(OC)c2)c1)C(C)C. The second kappa shape index (κ2) is 19.0. The lowest BCUT2D eigenvalue weighted by atomic mass is 10.0. The van der Waals surface area contributed by atoms with Gasteiger partial charge in [-0.05, 0) is 74.1 Å². The van der Waals surface area contributed by atoms with Crippen molar-refractivity contribution < 1.29 is 28.7 Å². The van der Waals surface area contributed by atoms with Gasteiger partial charge in [0.25, 0.3) is 11.8 Å². The van der Waals surface area contributed by atoms with E-state index in [9.17, 15) is 19.2 Å². The molecule has 48 heavy (non-hydrogen) atoms. The van der Waals surface area contributed by atoms with Gasteiger partial charge in [0.2, 0.25) is 11.8 Å². The first-order chi connectivity index (χ1) is 23.1. The molecule has 11 heteroatoms. The Hall–Kier alpha value is -4.90. The Kier molecular flexibility index (Phi) is 14.9. The van der Waals surface area contributed by atoms with Crippen molar-refractivity contribution in [1.29, 1.82) is 0 Å². The zero-order valence-electron chi connectivity index (χ0n) is 28.7. The predicted molar refractivity (Wildman–Crippen MR) is 186 cm³/mol. The van der Waals surface area contributed by atoms with E-state index in [2.05, 4.69) is 26.6 Å². The molecular formula is C37H49N5O6. The number of hydrogen-bond donors (Lipinski definition) is 5. The monoisotopic (exact) mass is 659 g/mol. The van der Waals surface area contributed by atoms with Crippen molar-refractivity contribution in [2.24, 2.45) is 5.92 Å². The maximum atomic E-state index is 13.5. The van der Waals surface area contributed by atoms with E-state index in [1.54, 1.807) is 45.4 Å². The molecule has 0 fully saturated rings. The molecule has 3 aromatic rings. The first kappa shape index (κ1) is 37.6. The van der Waals surface area contributed by atoms with Gasteiger partial charge in [-0.2, -0.15) is 0 Å². The predicted octanol–water partition coefficient (Wildman–Crippen LogP) is 3.27. The first-order valence-corrected chi connectivity index (χ1v) is 16.3. The van der Waals surface area contributed by atoms with E-state index in [1.165, 1.54) is 0 Å². The van der Waals surface area contributed by atoms with Crippen LogP contribution in [0.5, 0.6) is 11.5 Å². The summed E-state index contributed by atoms with van der Waals surface area (Å²) in [5.74, 6) is -0.00501. The number of carbonyl (C=O) groups is 4. The Morgan fingerprint density at radius 3 is 2.04 bits per heavy atom. The van der Waals surface area contributed by atoms with Crippen LogP contribution in [0.2, 0.25) is 0 Å². The van der Waals surface area contributed by atoms with Gasteiger partial charge < -0.3 is 36.1 Å². The van der Waals surface area contributed by atoms with E-state index in [0.29, 0.717) is 55.1 Å². The summed E-state index contributed by atoms with van der Waals surface area (Å²) in [6, 6.07) is 20.3. The van der Waals surface area contributed by atoms with Gasteiger partial charge in [-0.15, -0.1) is 0 Å². The summed E-state index contributed by atoms with van der Waals surface area (Å²) in [6.45, 7) is 8.46. The number of amides is 4. The van der Waals surface area contributed by atoms with Crippen LogP contribution in [0.25, 0.3) is 0 Å². The second-order valence-corrected chi connectivity index (χ2v) is 11.9. The molecule has 0 spiro atoms. The zero-order valence-corrected chi connectivity index (χ0v) is 28.7.